The van der Waals surface area contributed by atoms with Gasteiger partial charge in [-0.25, -0.2) is 4.39 Å². The van der Waals surface area contributed by atoms with E-state index in [9.17, 15) is 8.60 Å². The lowest BCUT2D eigenvalue weighted by Crippen LogP contribution is -2.01. The van der Waals surface area contributed by atoms with Crippen LogP contribution in [0.25, 0.3) is 0 Å². The van der Waals surface area contributed by atoms with Crippen molar-refractivity contribution in [2.24, 2.45) is 0 Å². The molecular formula is C14H9BrFNOS. The Morgan fingerprint density at radius 1 is 1.21 bits per heavy atom. The average molecular weight is 338 g/mol. The van der Waals surface area contributed by atoms with Crippen molar-refractivity contribution in [2.75, 3.05) is 0 Å². The lowest BCUT2D eigenvalue weighted by Gasteiger charge is -2.06. The van der Waals surface area contributed by atoms with E-state index >= 15 is 0 Å². The normalized spacial score (nSPS) is 11.8. The monoisotopic (exact) mass is 337 g/mol. The quantitative estimate of drug-likeness (QED) is 0.855. The van der Waals surface area contributed by atoms with Gasteiger partial charge in [-0.1, -0.05) is 24.3 Å². The van der Waals surface area contributed by atoms with Gasteiger partial charge in [-0.05, 0) is 34.1 Å². The fourth-order valence-corrected chi connectivity index (χ4v) is 3.63. The van der Waals surface area contributed by atoms with E-state index in [0.717, 1.165) is 4.47 Å². The third-order valence-corrected chi connectivity index (χ3v) is 4.94. The van der Waals surface area contributed by atoms with Gasteiger partial charge in [0.2, 0.25) is 0 Å². The highest BCUT2D eigenvalue weighted by molar-refractivity contribution is 9.10. The Hall–Kier alpha value is -1.51. The van der Waals surface area contributed by atoms with Crippen LogP contribution in [0.1, 0.15) is 11.1 Å². The van der Waals surface area contributed by atoms with Crippen LogP contribution in [-0.2, 0) is 16.6 Å². The fraction of sp³-hybridized carbons (Fsp3) is 0.0714. The lowest BCUT2D eigenvalue weighted by molar-refractivity contribution is 0.611. The van der Waals surface area contributed by atoms with Crippen molar-refractivity contribution >= 4 is 26.7 Å². The molecule has 0 heterocycles. The lowest BCUT2D eigenvalue weighted by atomic mass is 10.1. The molecule has 0 N–H and O–H groups in total. The van der Waals surface area contributed by atoms with Gasteiger partial charge in [0, 0.05) is 10.0 Å². The zero-order valence-corrected chi connectivity index (χ0v) is 12.2. The molecule has 19 heavy (non-hydrogen) atoms. The van der Waals surface area contributed by atoms with Gasteiger partial charge in [0.15, 0.2) is 0 Å². The van der Waals surface area contributed by atoms with Gasteiger partial charge in [0.05, 0.1) is 27.0 Å². The Bertz CT molecular complexity index is 681. The molecule has 0 fully saturated rings. The number of nitrogens with zero attached hydrogens (tertiary/aromatic N) is 1. The first kappa shape index (κ1) is 13.9. The minimum atomic E-state index is -1.36. The Kier molecular flexibility index (Phi) is 4.46. The molecule has 1 unspecified atom stereocenters. The highest BCUT2D eigenvalue weighted by Gasteiger charge is 2.13. The third-order valence-electron chi connectivity index (χ3n) is 2.57. The van der Waals surface area contributed by atoms with Crippen LogP contribution in [0.15, 0.2) is 51.8 Å². The minimum absolute atomic E-state index is 0.0263. The maximum Gasteiger partial charge on any atom is 0.145 e. The molecule has 0 aliphatic heterocycles. The summed E-state index contributed by atoms with van der Waals surface area (Å²) in [6.07, 6.45) is 0. The minimum Gasteiger partial charge on any atom is -0.254 e. The van der Waals surface area contributed by atoms with Crippen LogP contribution in [0.2, 0.25) is 0 Å². The Morgan fingerprint density at radius 2 is 1.95 bits per heavy atom. The summed E-state index contributed by atoms with van der Waals surface area (Å²) in [6.45, 7) is 0. The molecule has 5 heteroatoms. The summed E-state index contributed by atoms with van der Waals surface area (Å²) in [4.78, 5) is 0.615. The van der Waals surface area contributed by atoms with Gasteiger partial charge < -0.3 is 0 Å². The van der Waals surface area contributed by atoms with Crippen LogP contribution >= 0.6 is 15.9 Å². The first-order chi connectivity index (χ1) is 9.13. The maximum absolute atomic E-state index is 13.9. The Labute approximate surface area is 121 Å². The van der Waals surface area contributed by atoms with Gasteiger partial charge in [0.1, 0.15) is 11.9 Å². The second kappa shape index (κ2) is 6.09. The van der Waals surface area contributed by atoms with Crippen molar-refractivity contribution in [3.05, 3.63) is 63.9 Å². The summed E-state index contributed by atoms with van der Waals surface area (Å²) in [6, 6.07) is 13.4. The summed E-state index contributed by atoms with van der Waals surface area (Å²) in [7, 11) is -1.36. The number of rotatable bonds is 3. The summed E-state index contributed by atoms with van der Waals surface area (Å²) in [5, 5.41) is 8.76. The molecule has 0 radical (unpaired) electrons. The molecule has 2 nitrogen and oxygen atoms in total. The predicted octanol–water partition coefficient (Wildman–Crippen LogP) is 3.77. The van der Waals surface area contributed by atoms with E-state index < -0.39 is 16.6 Å². The zero-order valence-electron chi connectivity index (χ0n) is 9.77. The number of hydrogen-bond acceptors (Lipinski definition) is 2. The molecule has 2 rings (SSSR count). The SMILES string of the molecule is N#Cc1cccc(CS(=O)c2ccccc2Br)c1F. The first-order valence-corrected chi connectivity index (χ1v) is 7.55. The highest BCUT2D eigenvalue weighted by atomic mass is 79.9. The van der Waals surface area contributed by atoms with E-state index in [1.54, 1.807) is 36.4 Å². The molecule has 0 saturated carbocycles. The molecule has 0 amide bonds. The van der Waals surface area contributed by atoms with Gasteiger partial charge in [-0.3, -0.25) is 4.21 Å². The van der Waals surface area contributed by atoms with Crippen LogP contribution in [0.4, 0.5) is 4.39 Å². The van der Waals surface area contributed by atoms with E-state index in [-0.39, 0.29) is 16.9 Å². The van der Waals surface area contributed by atoms with E-state index in [4.69, 9.17) is 5.26 Å². The molecule has 0 aromatic heterocycles. The third kappa shape index (κ3) is 3.09. The second-order valence-corrected chi connectivity index (χ2v) is 6.08. The van der Waals surface area contributed by atoms with Crippen LogP contribution in [0.3, 0.4) is 0 Å². The maximum atomic E-state index is 13.9. The predicted molar refractivity (Wildman–Crippen MR) is 75.4 cm³/mol. The van der Waals surface area contributed by atoms with E-state index in [2.05, 4.69) is 15.9 Å². The molecule has 2 aromatic carbocycles. The van der Waals surface area contributed by atoms with Crippen molar-refractivity contribution in [3.8, 4) is 6.07 Å². The molecule has 0 aliphatic rings. The first-order valence-electron chi connectivity index (χ1n) is 5.44. The van der Waals surface area contributed by atoms with E-state index in [0.29, 0.717) is 4.90 Å². The van der Waals surface area contributed by atoms with Gasteiger partial charge in [0.25, 0.3) is 0 Å². The summed E-state index contributed by atoms with van der Waals surface area (Å²) >= 11 is 3.32. The van der Waals surface area contributed by atoms with Gasteiger partial charge in [-0.2, -0.15) is 5.26 Å². The number of halogens is 2. The van der Waals surface area contributed by atoms with Crippen molar-refractivity contribution in [1.29, 1.82) is 5.26 Å². The summed E-state index contributed by atoms with van der Waals surface area (Å²) < 4.78 is 26.8. The van der Waals surface area contributed by atoms with Crippen molar-refractivity contribution in [1.82, 2.24) is 0 Å². The number of benzene rings is 2. The van der Waals surface area contributed by atoms with E-state index in [1.807, 2.05) is 6.07 Å². The van der Waals surface area contributed by atoms with Crippen LogP contribution in [-0.4, -0.2) is 4.21 Å². The fourth-order valence-electron chi connectivity index (χ4n) is 1.63. The van der Waals surface area contributed by atoms with Crippen LogP contribution in [0, 0.1) is 17.1 Å². The average Bonchev–Trinajstić information content (AvgIpc) is 2.41. The molecule has 0 bridgehead atoms. The molecule has 1 atom stereocenters. The molecule has 0 aliphatic carbocycles. The zero-order chi connectivity index (χ0) is 13.8. The molecular weight excluding hydrogens is 329 g/mol. The van der Waals surface area contributed by atoms with Crippen LogP contribution < -0.4 is 0 Å². The Balaban J connectivity index is 2.31. The molecule has 2 aromatic rings. The standard InChI is InChI=1S/C14H9BrFNOS/c15-12-6-1-2-7-13(12)19(18)9-11-5-3-4-10(8-17)14(11)16/h1-7H,9H2. The topological polar surface area (TPSA) is 40.9 Å². The molecule has 0 saturated heterocycles. The van der Waals surface area contributed by atoms with Crippen LogP contribution in [0.5, 0.6) is 0 Å². The van der Waals surface area contributed by atoms with E-state index in [1.165, 1.54) is 6.07 Å². The highest BCUT2D eigenvalue weighted by Crippen LogP contribution is 2.23. The number of hydrogen-bond donors (Lipinski definition) is 0. The summed E-state index contributed by atoms with van der Waals surface area (Å²) in [5.41, 5.74) is 0.259. The Morgan fingerprint density at radius 3 is 2.63 bits per heavy atom. The smallest absolute Gasteiger partial charge is 0.145 e. The second-order valence-electron chi connectivity index (χ2n) is 3.81. The number of nitriles is 1. The van der Waals surface area contributed by atoms with Crippen molar-refractivity contribution in [2.45, 2.75) is 10.6 Å². The van der Waals surface area contributed by atoms with Crippen molar-refractivity contribution in [3.63, 3.8) is 0 Å². The summed E-state index contributed by atoms with van der Waals surface area (Å²) in [5.74, 6) is -0.547. The molecule has 0 spiro atoms. The van der Waals surface area contributed by atoms with Gasteiger partial charge in [-0.15, -0.1) is 0 Å². The largest absolute Gasteiger partial charge is 0.254 e. The van der Waals surface area contributed by atoms with Gasteiger partial charge >= 0.3 is 0 Å². The molecule has 96 valence electrons. The van der Waals surface area contributed by atoms with Crippen molar-refractivity contribution < 1.29 is 8.60 Å².